The van der Waals surface area contributed by atoms with Crippen molar-refractivity contribution in [1.82, 2.24) is 4.98 Å². The van der Waals surface area contributed by atoms with E-state index in [1.807, 2.05) is 30.5 Å². The second-order valence-electron chi connectivity index (χ2n) is 4.60. The summed E-state index contributed by atoms with van der Waals surface area (Å²) in [5.74, 6) is 0.308. The highest BCUT2D eigenvalue weighted by Gasteiger charge is 2.11. The van der Waals surface area contributed by atoms with Gasteiger partial charge in [0.1, 0.15) is 5.75 Å². The summed E-state index contributed by atoms with van der Waals surface area (Å²) in [6, 6.07) is 13.8. The molecule has 3 nitrogen and oxygen atoms in total. The molecule has 0 fully saturated rings. The van der Waals surface area contributed by atoms with E-state index in [-0.39, 0.29) is 0 Å². The molecule has 1 heterocycles. The Kier molecular flexibility index (Phi) is 3.67. The third kappa shape index (κ3) is 2.40. The van der Waals surface area contributed by atoms with Crippen LogP contribution in [0.5, 0.6) is 5.75 Å². The van der Waals surface area contributed by atoms with Crippen molar-refractivity contribution < 1.29 is 5.11 Å². The van der Waals surface area contributed by atoms with Gasteiger partial charge in [0, 0.05) is 16.0 Å². The van der Waals surface area contributed by atoms with Gasteiger partial charge in [0.2, 0.25) is 0 Å². The second kappa shape index (κ2) is 5.61. The van der Waals surface area contributed by atoms with Gasteiger partial charge in [0.15, 0.2) is 0 Å². The first-order chi connectivity index (χ1) is 9.79. The molecule has 0 atom stereocenters. The van der Waals surface area contributed by atoms with Crippen molar-refractivity contribution in [3.05, 3.63) is 54.2 Å². The lowest BCUT2D eigenvalue weighted by Crippen LogP contribution is -2.03. The first-order valence-electron chi connectivity index (χ1n) is 6.54. The fraction of sp³-hybridized carbons (Fsp3) is 0.125. The van der Waals surface area contributed by atoms with Gasteiger partial charge in [-0.15, -0.1) is 0 Å². The minimum Gasteiger partial charge on any atom is -0.507 e. The van der Waals surface area contributed by atoms with E-state index in [4.69, 9.17) is 5.73 Å². The number of rotatable bonds is 4. The van der Waals surface area contributed by atoms with Crippen molar-refractivity contribution in [1.29, 1.82) is 0 Å². The highest BCUT2D eigenvalue weighted by molar-refractivity contribution is 7.99. The molecule has 4 N–H and O–H groups in total. The van der Waals surface area contributed by atoms with Crippen LogP contribution in [0.1, 0.15) is 5.56 Å². The van der Waals surface area contributed by atoms with Crippen LogP contribution in [0.2, 0.25) is 0 Å². The van der Waals surface area contributed by atoms with E-state index in [0.717, 1.165) is 22.2 Å². The van der Waals surface area contributed by atoms with Gasteiger partial charge in [-0.2, -0.15) is 0 Å². The molecule has 0 saturated carbocycles. The molecule has 4 heteroatoms. The second-order valence-corrected chi connectivity index (χ2v) is 5.68. The minimum absolute atomic E-state index is 0.308. The van der Waals surface area contributed by atoms with E-state index >= 15 is 0 Å². The maximum atomic E-state index is 10.0. The smallest absolute Gasteiger partial charge is 0.126 e. The predicted molar refractivity (Wildman–Crippen MR) is 83.3 cm³/mol. The van der Waals surface area contributed by atoms with Crippen molar-refractivity contribution in [3.63, 3.8) is 0 Å². The summed E-state index contributed by atoms with van der Waals surface area (Å²) >= 11 is 1.66. The van der Waals surface area contributed by atoms with Crippen LogP contribution in [0, 0.1) is 0 Å². The Morgan fingerprint density at radius 3 is 2.75 bits per heavy atom. The molecule has 102 valence electrons. The molecule has 0 aliphatic carbocycles. The van der Waals surface area contributed by atoms with Gasteiger partial charge < -0.3 is 15.8 Å². The fourth-order valence-corrected chi connectivity index (χ4v) is 3.42. The summed E-state index contributed by atoms with van der Waals surface area (Å²) in [6.45, 7) is 0.636. The van der Waals surface area contributed by atoms with Crippen LogP contribution >= 0.6 is 11.8 Å². The topological polar surface area (TPSA) is 62.0 Å². The lowest BCUT2D eigenvalue weighted by molar-refractivity contribution is 0.481. The van der Waals surface area contributed by atoms with Gasteiger partial charge >= 0.3 is 0 Å². The average Bonchev–Trinajstić information content (AvgIpc) is 2.86. The summed E-state index contributed by atoms with van der Waals surface area (Å²) in [6.07, 6.45) is 2.80. The van der Waals surface area contributed by atoms with Crippen LogP contribution in [-0.4, -0.2) is 16.6 Å². The highest BCUT2D eigenvalue weighted by Crippen LogP contribution is 2.38. The molecule has 0 radical (unpaired) electrons. The number of nitrogens with two attached hydrogens (primary N) is 1. The summed E-state index contributed by atoms with van der Waals surface area (Å²) in [7, 11) is 0. The molecule has 0 saturated heterocycles. The Balaban J connectivity index is 2.02. The predicted octanol–water partition coefficient (Wildman–Crippen LogP) is 3.53. The zero-order chi connectivity index (χ0) is 13.9. The summed E-state index contributed by atoms with van der Waals surface area (Å²) in [5, 5.41) is 10.9. The van der Waals surface area contributed by atoms with Crippen molar-refractivity contribution in [2.75, 3.05) is 6.54 Å². The molecule has 0 bridgehead atoms. The molecule has 0 unspecified atom stereocenters. The van der Waals surface area contributed by atoms with E-state index in [1.165, 1.54) is 10.5 Å². The van der Waals surface area contributed by atoms with Crippen LogP contribution in [0.25, 0.3) is 10.9 Å². The van der Waals surface area contributed by atoms with Gasteiger partial charge in [-0.05, 0) is 36.7 Å². The molecule has 1 aromatic heterocycles. The summed E-state index contributed by atoms with van der Waals surface area (Å²) in [5.41, 5.74) is 7.85. The van der Waals surface area contributed by atoms with E-state index in [0.29, 0.717) is 12.3 Å². The number of fused-ring (bicyclic) bond motifs is 1. The normalized spacial score (nSPS) is 11.1. The fourth-order valence-electron chi connectivity index (χ4n) is 2.30. The Labute approximate surface area is 121 Å². The number of hydrogen-bond donors (Lipinski definition) is 3. The number of aromatic nitrogens is 1. The Morgan fingerprint density at radius 2 is 1.90 bits per heavy atom. The van der Waals surface area contributed by atoms with E-state index < -0.39 is 0 Å². The number of aromatic hydroxyl groups is 1. The van der Waals surface area contributed by atoms with Crippen LogP contribution in [0.3, 0.4) is 0 Å². The molecular weight excluding hydrogens is 268 g/mol. The van der Waals surface area contributed by atoms with Gasteiger partial charge in [0.05, 0.1) is 10.9 Å². The van der Waals surface area contributed by atoms with Crippen LogP contribution in [0.4, 0.5) is 0 Å². The third-order valence-corrected chi connectivity index (χ3v) is 4.41. The van der Waals surface area contributed by atoms with Crippen molar-refractivity contribution >= 4 is 22.7 Å². The van der Waals surface area contributed by atoms with Gasteiger partial charge in [-0.1, -0.05) is 36.0 Å². The van der Waals surface area contributed by atoms with Crippen LogP contribution in [0.15, 0.2) is 58.5 Å². The third-order valence-electron chi connectivity index (χ3n) is 3.25. The van der Waals surface area contributed by atoms with Crippen molar-refractivity contribution in [2.24, 2.45) is 5.73 Å². The first kappa shape index (κ1) is 13.1. The number of benzene rings is 2. The minimum atomic E-state index is 0.308. The van der Waals surface area contributed by atoms with Gasteiger partial charge in [-0.25, -0.2) is 0 Å². The largest absolute Gasteiger partial charge is 0.507 e. The Bertz CT molecular complexity index is 736. The molecule has 2 aromatic carbocycles. The van der Waals surface area contributed by atoms with Gasteiger partial charge in [-0.3, -0.25) is 0 Å². The number of phenols is 1. The number of aromatic amines is 1. The lowest BCUT2D eigenvalue weighted by atomic mass is 10.1. The SMILES string of the molecule is NCCc1ccccc1Sc1c[nH]c2cccc(O)c12. The van der Waals surface area contributed by atoms with Gasteiger partial charge in [0.25, 0.3) is 0 Å². The molecule has 0 amide bonds. The Hall–Kier alpha value is -1.91. The number of hydrogen-bond acceptors (Lipinski definition) is 3. The standard InChI is InChI=1S/C16H16N2OS/c17-9-8-11-4-1-2-7-14(11)20-15-10-18-12-5-3-6-13(19)16(12)15/h1-7,10,18-19H,8-9,17H2. The zero-order valence-corrected chi connectivity index (χ0v) is 11.8. The van der Waals surface area contributed by atoms with Crippen molar-refractivity contribution in [2.45, 2.75) is 16.2 Å². The molecule has 0 aliphatic rings. The van der Waals surface area contributed by atoms with E-state index in [9.17, 15) is 5.11 Å². The number of phenolic OH excluding ortho intramolecular Hbond substituents is 1. The molecule has 0 spiro atoms. The molecule has 3 aromatic rings. The summed E-state index contributed by atoms with van der Waals surface area (Å²) < 4.78 is 0. The number of H-pyrrole nitrogens is 1. The molecule has 0 aliphatic heterocycles. The quantitative estimate of drug-likeness (QED) is 0.687. The summed E-state index contributed by atoms with van der Waals surface area (Å²) in [4.78, 5) is 5.41. The molecular formula is C16H16N2OS. The van der Waals surface area contributed by atoms with Crippen LogP contribution < -0.4 is 5.73 Å². The van der Waals surface area contributed by atoms with E-state index in [1.54, 1.807) is 17.8 Å². The first-order valence-corrected chi connectivity index (χ1v) is 7.36. The average molecular weight is 284 g/mol. The zero-order valence-electron chi connectivity index (χ0n) is 11.0. The van der Waals surface area contributed by atoms with E-state index in [2.05, 4.69) is 17.1 Å². The number of nitrogens with one attached hydrogen (secondary N) is 1. The monoisotopic (exact) mass is 284 g/mol. The highest BCUT2D eigenvalue weighted by atomic mass is 32.2. The molecule has 20 heavy (non-hydrogen) atoms. The van der Waals surface area contributed by atoms with Crippen LogP contribution in [-0.2, 0) is 6.42 Å². The Morgan fingerprint density at radius 1 is 1.05 bits per heavy atom. The molecule has 3 rings (SSSR count). The van der Waals surface area contributed by atoms with Crippen molar-refractivity contribution in [3.8, 4) is 5.75 Å². The maximum Gasteiger partial charge on any atom is 0.126 e. The lowest BCUT2D eigenvalue weighted by Gasteiger charge is -2.07. The maximum absolute atomic E-state index is 10.0.